The van der Waals surface area contributed by atoms with E-state index in [1.165, 1.54) is 5.69 Å². The second kappa shape index (κ2) is 6.86. The molecule has 2 heterocycles. The van der Waals surface area contributed by atoms with Gasteiger partial charge < -0.3 is 10.2 Å². The first kappa shape index (κ1) is 16.4. The van der Waals surface area contributed by atoms with Crippen LogP contribution in [0, 0.1) is 0 Å². The molecule has 0 saturated carbocycles. The van der Waals surface area contributed by atoms with E-state index < -0.39 is 0 Å². The molecule has 0 aliphatic carbocycles. The van der Waals surface area contributed by atoms with Crippen LogP contribution in [0.5, 0.6) is 0 Å². The molecule has 0 radical (unpaired) electrons. The van der Waals surface area contributed by atoms with Gasteiger partial charge in [-0.2, -0.15) is 0 Å². The molecule has 118 valence electrons. The van der Waals surface area contributed by atoms with Crippen LogP contribution in [0.4, 0.5) is 0 Å². The maximum absolute atomic E-state index is 4.80. The molecule has 1 aliphatic rings. The molecular weight excluding hydrogens is 260 g/mol. The van der Waals surface area contributed by atoms with Crippen LogP contribution in [0.2, 0.25) is 0 Å². The van der Waals surface area contributed by atoms with E-state index in [2.05, 4.69) is 68.1 Å². The van der Waals surface area contributed by atoms with Gasteiger partial charge in [0.2, 0.25) is 0 Å². The highest BCUT2D eigenvalue weighted by molar-refractivity contribution is 5.11. The Labute approximate surface area is 129 Å². The lowest BCUT2D eigenvalue weighted by atomic mass is 10.1. The predicted octanol–water partition coefficient (Wildman–Crippen LogP) is 2.11. The SMILES string of the molecule is CC1CN(Cc2cccc(CNC(C)(C)C)n2)CCN1C. The summed E-state index contributed by atoms with van der Waals surface area (Å²) in [4.78, 5) is 9.73. The third-order valence-corrected chi connectivity index (χ3v) is 4.09. The minimum absolute atomic E-state index is 0.130. The number of pyridine rings is 1. The van der Waals surface area contributed by atoms with Crippen LogP contribution in [0.1, 0.15) is 39.1 Å². The molecule has 1 aromatic rings. The normalized spacial score (nSPS) is 21.7. The highest BCUT2D eigenvalue weighted by atomic mass is 15.3. The Morgan fingerprint density at radius 3 is 2.62 bits per heavy atom. The van der Waals surface area contributed by atoms with Crippen molar-refractivity contribution in [1.82, 2.24) is 20.1 Å². The molecule has 0 spiro atoms. The highest BCUT2D eigenvalue weighted by Crippen LogP contribution is 2.11. The molecule has 4 heteroatoms. The summed E-state index contributed by atoms with van der Waals surface area (Å²) in [5.74, 6) is 0. The monoisotopic (exact) mass is 290 g/mol. The van der Waals surface area contributed by atoms with E-state index in [4.69, 9.17) is 4.98 Å². The van der Waals surface area contributed by atoms with Crippen molar-refractivity contribution in [2.45, 2.75) is 52.4 Å². The van der Waals surface area contributed by atoms with E-state index >= 15 is 0 Å². The standard InChI is InChI=1S/C17H30N4/c1-14-12-21(10-9-20(14)5)13-16-8-6-7-15(19-16)11-18-17(2,3)4/h6-8,14,18H,9-13H2,1-5H3. The maximum atomic E-state index is 4.80. The summed E-state index contributed by atoms with van der Waals surface area (Å²) in [7, 11) is 2.21. The summed E-state index contributed by atoms with van der Waals surface area (Å²) in [6.45, 7) is 14.0. The molecule has 0 bridgehead atoms. The van der Waals surface area contributed by atoms with Crippen LogP contribution in [0.3, 0.4) is 0 Å². The lowest BCUT2D eigenvalue weighted by molar-refractivity contribution is 0.0990. The minimum Gasteiger partial charge on any atom is -0.306 e. The van der Waals surface area contributed by atoms with E-state index in [-0.39, 0.29) is 5.54 Å². The van der Waals surface area contributed by atoms with Crippen molar-refractivity contribution in [3.8, 4) is 0 Å². The fraction of sp³-hybridized carbons (Fsp3) is 0.706. The zero-order valence-electron chi connectivity index (χ0n) is 14.2. The van der Waals surface area contributed by atoms with Crippen molar-refractivity contribution >= 4 is 0 Å². The molecule has 21 heavy (non-hydrogen) atoms. The minimum atomic E-state index is 0.130. The molecule has 0 aromatic carbocycles. The number of nitrogens with one attached hydrogen (secondary N) is 1. The van der Waals surface area contributed by atoms with Crippen molar-refractivity contribution in [2.75, 3.05) is 26.7 Å². The van der Waals surface area contributed by atoms with E-state index in [1.54, 1.807) is 0 Å². The Morgan fingerprint density at radius 2 is 1.95 bits per heavy atom. The quantitative estimate of drug-likeness (QED) is 0.920. The number of piperazine rings is 1. The Kier molecular flexibility index (Phi) is 5.36. The van der Waals surface area contributed by atoms with E-state index in [0.717, 1.165) is 38.4 Å². The van der Waals surface area contributed by atoms with E-state index in [1.807, 2.05) is 0 Å². The van der Waals surface area contributed by atoms with E-state index in [9.17, 15) is 0 Å². The van der Waals surface area contributed by atoms with Gasteiger partial charge in [-0.05, 0) is 46.9 Å². The molecule has 1 fully saturated rings. The molecule has 1 atom stereocenters. The van der Waals surface area contributed by atoms with Crippen LogP contribution >= 0.6 is 0 Å². The van der Waals surface area contributed by atoms with Gasteiger partial charge >= 0.3 is 0 Å². The van der Waals surface area contributed by atoms with Crippen LogP contribution in [0.25, 0.3) is 0 Å². The molecule has 1 N–H and O–H groups in total. The average molecular weight is 290 g/mol. The third kappa shape index (κ3) is 5.38. The number of likely N-dealkylation sites (N-methyl/N-ethyl adjacent to an activating group) is 1. The second-order valence-electron chi connectivity index (χ2n) is 7.29. The summed E-state index contributed by atoms with van der Waals surface area (Å²) in [6, 6.07) is 7.00. The maximum Gasteiger partial charge on any atom is 0.0547 e. The fourth-order valence-corrected chi connectivity index (χ4v) is 2.57. The van der Waals surface area contributed by atoms with Crippen LogP contribution in [-0.4, -0.2) is 53.0 Å². The van der Waals surface area contributed by atoms with Gasteiger partial charge in [0.1, 0.15) is 0 Å². The average Bonchev–Trinajstić information content (AvgIpc) is 2.40. The largest absolute Gasteiger partial charge is 0.306 e. The van der Waals surface area contributed by atoms with Gasteiger partial charge in [-0.3, -0.25) is 9.88 Å². The van der Waals surface area contributed by atoms with Gasteiger partial charge in [0.05, 0.1) is 11.4 Å². The molecule has 4 nitrogen and oxygen atoms in total. The topological polar surface area (TPSA) is 31.4 Å². The highest BCUT2D eigenvalue weighted by Gasteiger charge is 2.20. The van der Waals surface area contributed by atoms with Crippen molar-refractivity contribution in [3.63, 3.8) is 0 Å². The molecular formula is C17H30N4. The van der Waals surface area contributed by atoms with E-state index in [0.29, 0.717) is 6.04 Å². The van der Waals surface area contributed by atoms with Crippen molar-refractivity contribution < 1.29 is 0 Å². The van der Waals surface area contributed by atoms with Crippen molar-refractivity contribution in [2.24, 2.45) is 0 Å². The number of hydrogen-bond donors (Lipinski definition) is 1. The molecule has 1 unspecified atom stereocenters. The fourth-order valence-electron chi connectivity index (χ4n) is 2.57. The molecule has 1 aromatic heterocycles. The molecule has 1 saturated heterocycles. The Morgan fingerprint density at radius 1 is 1.24 bits per heavy atom. The summed E-state index contributed by atoms with van der Waals surface area (Å²) in [6.07, 6.45) is 0. The van der Waals surface area contributed by atoms with Gasteiger partial charge in [-0.15, -0.1) is 0 Å². The summed E-state index contributed by atoms with van der Waals surface area (Å²) < 4.78 is 0. The smallest absolute Gasteiger partial charge is 0.0547 e. The second-order valence-corrected chi connectivity index (χ2v) is 7.29. The summed E-state index contributed by atoms with van der Waals surface area (Å²) >= 11 is 0. The number of nitrogens with zero attached hydrogens (tertiary/aromatic N) is 3. The Bertz CT molecular complexity index is 452. The third-order valence-electron chi connectivity index (χ3n) is 4.09. The first-order valence-corrected chi connectivity index (χ1v) is 7.96. The molecule has 0 amide bonds. The molecule has 2 rings (SSSR count). The van der Waals surface area contributed by atoms with Crippen LogP contribution in [0.15, 0.2) is 18.2 Å². The van der Waals surface area contributed by atoms with Crippen LogP contribution in [-0.2, 0) is 13.1 Å². The predicted molar refractivity (Wildman–Crippen MR) is 88.2 cm³/mol. The Balaban J connectivity index is 1.92. The Hall–Kier alpha value is -0.970. The lowest BCUT2D eigenvalue weighted by Gasteiger charge is -2.37. The number of aromatic nitrogens is 1. The zero-order valence-corrected chi connectivity index (χ0v) is 14.2. The number of rotatable bonds is 4. The first-order chi connectivity index (χ1) is 9.83. The molecule has 1 aliphatic heterocycles. The van der Waals surface area contributed by atoms with Crippen molar-refractivity contribution in [1.29, 1.82) is 0 Å². The summed E-state index contributed by atoms with van der Waals surface area (Å²) in [5.41, 5.74) is 2.44. The lowest BCUT2D eigenvalue weighted by Crippen LogP contribution is -2.49. The van der Waals surface area contributed by atoms with Crippen LogP contribution < -0.4 is 5.32 Å². The first-order valence-electron chi connectivity index (χ1n) is 7.96. The summed E-state index contributed by atoms with van der Waals surface area (Å²) in [5, 5.41) is 3.50. The van der Waals surface area contributed by atoms with Crippen molar-refractivity contribution in [3.05, 3.63) is 29.6 Å². The van der Waals surface area contributed by atoms with Gasteiger partial charge in [0.15, 0.2) is 0 Å². The van der Waals surface area contributed by atoms with Gasteiger partial charge in [-0.25, -0.2) is 0 Å². The van der Waals surface area contributed by atoms with Gasteiger partial charge in [0.25, 0.3) is 0 Å². The zero-order chi connectivity index (χ0) is 15.5. The van der Waals surface area contributed by atoms with Gasteiger partial charge in [0, 0.05) is 44.3 Å². The number of hydrogen-bond acceptors (Lipinski definition) is 4. The van der Waals surface area contributed by atoms with Gasteiger partial charge in [-0.1, -0.05) is 6.07 Å².